The van der Waals surface area contributed by atoms with Crippen molar-refractivity contribution in [2.24, 2.45) is 0 Å². The van der Waals surface area contributed by atoms with Crippen LogP contribution in [-0.4, -0.2) is 28.5 Å². The van der Waals surface area contributed by atoms with Crippen molar-refractivity contribution in [1.82, 2.24) is 4.90 Å². The number of rotatable bonds is 4. The molecule has 150 valence electrons. The van der Waals surface area contributed by atoms with Gasteiger partial charge in [-0.2, -0.15) is 0 Å². The molecule has 0 aromatic heterocycles. The van der Waals surface area contributed by atoms with Gasteiger partial charge in [0.05, 0.1) is 4.91 Å². The topological polar surface area (TPSA) is 66.5 Å². The molecule has 0 atom stereocenters. The van der Waals surface area contributed by atoms with Crippen LogP contribution in [0.25, 0.3) is 16.8 Å². The molecule has 3 aromatic carbocycles. The van der Waals surface area contributed by atoms with Crippen LogP contribution in [0.2, 0.25) is 10.0 Å². The van der Waals surface area contributed by atoms with Gasteiger partial charge in [-0.15, -0.1) is 0 Å². The number of hydrogen-bond donors (Lipinski definition) is 1. The second-order valence-electron chi connectivity index (χ2n) is 6.51. The standard InChI is InChI=1S/C22H14Cl2N2O3S/c23-15-9-8-14(17(24)11-15)10-19-21(28)26(22(29)30-19)12-20(27)25-18-7-3-5-13-4-1-2-6-16(13)18/h1-11H,12H2,(H,25,27)/b19-10+. The van der Waals surface area contributed by atoms with Crippen molar-refractivity contribution >= 4 is 74.6 Å². The third-order valence-electron chi connectivity index (χ3n) is 4.49. The molecule has 0 saturated carbocycles. The Hall–Kier alpha value is -2.80. The molecule has 1 heterocycles. The molecule has 0 radical (unpaired) electrons. The van der Waals surface area contributed by atoms with E-state index >= 15 is 0 Å². The summed E-state index contributed by atoms with van der Waals surface area (Å²) >= 11 is 12.8. The largest absolute Gasteiger partial charge is 0.324 e. The molecule has 0 aliphatic carbocycles. The molecule has 30 heavy (non-hydrogen) atoms. The number of carbonyl (C=O) groups excluding carboxylic acids is 3. The van der Waals surface area contributed by atoms with Crippen LogP contribution in [0.15, 0.2) is 65.6 Å². The maximum Gasteiger partial charge on any atom is 0.294 e. The summed E-state index contributed by atoms with van der Waals surface area (Å²) in [7, 11) is 0. The summed E-state index contributed by atoms with van der Waals surface area (Å²) in [6.45, 7) is -0.375. The first-order chi connectivity index (χ1) is 14.4. The van der Waals surface area contributed by atoms with Crippen LogP contribution in [0, 0.1) is 0 Å². The Morgan fingerprint density at radius 1 is 1.03 bits per heavy atom. The van der Waals surface area contributed by atoms with E-state index in [4.69, 9.17) is 23.2 Å². The minimum Gasteiger partial charge on any atom is -0.324 e. The molecule has 0 bridgehead atoms. The Labute approximate surface area is 186 Å². The van der Waals surface area contributed by atoms with Gasteiger partial charge in [-0.25, -0.2) is 0 Å². The second kappa shape index (κ2) is 8.52. The average Bonchev–Trinajstić information content (AvgIpc) is 2.98. The number of carbonyl (C=O) groups is 3. The first-order valence-electron chi connectivity index (χ1n) is 8.90. The minimum atomic E-state index is -0.538. The number of nitrogens with zero attached hydrogens (tertiary/aromatic N) is 1. The predicted octanol–water partition coefficient (Wildman–Crippen LogP) is 5.82. The van der Waals surface area contributed by atoms with Crippen LogP contribution in [0.5, 0.6) is 0 Å². The first-order valence-corrected chi connectivity index (χ1v) is 10.5. The van der Waals surface area contributed by atoms with E-state index in [1.54, 1.807) is 24.3 Å². The molecule has 1 aliphatic rings. The molecule has 4 rings (SSSR count). The fraction of sp³-hybridized carbons (Fsp3) is 0.0455. The Bertz CT molecular complexity index is 1220. The minimum absolute atomic E-state index is 0.196. The highest BCUT2D eigenvalue weighted by molar-refractivity contribution is 8.18. The summed E-state index contributed by atoms with van der Waals surface area (Å²) in [4.78, 5) is 38.6. The molecular weight excluding hydrogens is 443 g/mol. The molecule has 3 aromatic rings. The molecule has 5 nitrogen and oxygen atoms in total. The van der Waals surface area contributed by atoms with Crippen LogP contribution < -0.4 is 5.32 Å². The quantitative estimate of drug-likeness (QED) is 0.502. The second-order valence-corrected chi connectivity index (χ2v) is 8.35. The lowest BCUT2D eigenvalue weighted by Gasteiger charge is -2.13. The summed E-state index contributed by atoms with van der Waals surface area (Å²) in [5, 5.41) is 4.96. The molecule has 3 amide bonds. The number of amides is 3. The fourth-order valence-corrected chi connectivity index (χ4v) is 4.36. The van der Waals surface area contributed by atoms with Crippen molar-refractivity contribution in [3.63, 3.8) is 0 Å². The van der Waals surface area contributed by atoms with Gasteiger partial charge < -0.3 is 5.32 Å². The summed E-state index contributed by atoms with van der Waals surface area (Å²) in [5.41, 5.74) is 1.18. The zero-order valence-corrected chi connectivity index (χ0v) is 17.7. The van der Waals surface area contributed by atoms with Crippen molar-refractivity contribution in [2.75, 3.05) is 11.9 Å². The summed E-state index contributed by atoms with van der Waals surface area (Å²) in [5.74, 6) is -0.997. The van der Waals surface area contributed by atoms with Crippen molar-refractivity contribution in [3.8, 4) is 0 Å². The van der Waals surface area contributed by atoms with Crippen LogP contribution in [0.1, 0.15) is 5.56 Å². The SMILES string of the molecule is O=C(CN1C(=O)S/C(=C/c2ccc(Cl)cc2Cl)C1=O)Nc1cccc2ccccc12. The highest BCUT2D eigenvalue weighted by atomic mass is 35.5. The molecule has 1 N–H and O–H groups in total. The Balaban J connectivity index is 1.50. The van der Waals surface area contributed by atoms with Gasteiger partial charge in [0, 0.05) is 21.1 Å². The smallest absolute Gasteiger partial charge is 0.294 e. The lowest BCUT2D eigenvalue weighted by molar-refractivity contribution is -0.127. The number of anilines is 1. The number of nitrogens with one attached hydrogen (secondary N) is 1. The molecule has 0 spiro atoms. The monoisotopic (exact) mass is 456 g/mol. The molecule has 8 heteroatoms. The van der Waals surface area contributed by atoms with Crippen molar-refractivity contribution in [3.05, 3.63) is 81.2 Å². The van der Waals surface area contributed by atoms with Gasteiger partial charge in [0.15, 0.2) is 0 Å². The van der Waals surface area contributed by atoms with Gasteiger partial charge in [-0.3, -0.25) is 19.3 Å². The fourth-order valence-electron chi connectivity index (χ4n) is 3.06. The molecule has 1 aliphatic heterocycles. The van der Waals surface area contributed by atoms with E-state index in [0.29, 0.717) is 21.3 Å². The van der Waals surface area contributed by atoms with E-state index in [2.05, 4.69) is 5.32 Å². The van der Waals surface area contributed by atoms with Crippen LogP contribution >= 0.6 is 35.0 Å². The lowest BCUT2D eigenvalue weighted by Crippen LogP contribution is -2.36. The molecule has 0 unspecified atom stereocenters. The third kappa shape index (κ3) is 4.21. The van der Waals surface area contributed by atoms with Crippen molar-refractivity contribution in [1.29, 1.82) is 0 Å². The first kappa shape index (κ1) is 20.5. The van der Waals surface area contributed by atoms with E-state index < -0.39 is 17.1 Å². The number of imide groups is 1. The Morgan fingerprint density at radius 3 is 2.60 bits per heavy atom. The van der Waals surface area contributed by atoms with Gasteiger partial charge in [-0.05, 0) is 47.0 Å². The van der Waals surface area contributed by atoms with Gasteiger partial charge in [-0.1, -0.05) is 65.7 Å². The Kier molecular flexibility index (Phi) is 5.81. The zero-order valence-electron chi connectivity index (χ0n) is 15.4. The van der Waals surface area contributed by atoms with Gasteiger partial charge >= 0.3 is 0 Å². The highest BCUT2D eigenvalue weighted by Crippen LogP contribution is 2.34. The number of hydrogen-bond acceptors (Lipinski definition) is 4. The van der Waals surface area contributed by atoms with E-state index in [0.717, 1.165) is 27.4 Å². The van der Waals surface area contributed by atoms with E-state index in [1.807, 2.05) is 36.4 Å². The van der Waals surface area contributed by atoms with Gasteiger partial charge in [0.2, 0.25) is 5.91 Å². The van der Waals surface area contributed by atoms with E-state index in [-0.39, 0.29) is 11.4 Å². The summed E-state index contributed by atoms with van der Waals surface area (Å²) in [6.07, 6.45) is 1.52. The van der Waals surface area contributed by atoms with E-state index in [9.17, 15) is 14.4 Å². The molecule has 1 fully saturated rings. The van der Waals surface area contributed by atoms with Crippen molar-refractivity contribution < 1.29 is 14.4 Å². The van der Waals surface area contributed by atoms with Gasteiger partial charge in [0.1, 0.15) is 6.54 Å². The van der Waals surface area contributed by atoms with Crippen LogP contribution in [0.4, 0.5) is 10.5 Å². The van der Waals surface area contributed by atoms with Crippen molar-refractivity contribution in [2.45, 2.75) is 0 Å². The number of benzene rings is 3. The zero-order chi connectivity index (χ0) is 21.3. The predicted molar refractivity (Wildman–Crippen MR) is 122 cm³/mol. The summed E-state index contributed by atoms with van der Waals surface area (Å²) < 4.78 is 0. The maximum atomic E-state index is 12.7. The van der Waals surface area contributed by atoms with E-state index in [1.165, 1.54) is 6.08 Å². The number of thioether (sulfide) groups is 1. The maximum absolute atomic E-state index is 12.7. The number of fused-ring (bicyclic) bond motifs is 1. The average molecular weight is 457 g/mol. The summed E-state index contributed by atoms with van der Waals surface area (Å²) in [6, 6.07) is 18.0. The van der Waals surface area contributed by atoms with Gasteiger partial charge in [0.25, 0.3) is 11.1 Å². The normalized spacial score (nSPS) is 15.3. The van der Waals surface area contributed by atoms with Crippen LogP contribution in [0.3, 0.4) is 0 Å². The third-order valence-corrected chi connectivity index (χ3v) is 5.96. The Morgan fingerprint density at radius 2 is 1.80 bits per heavy atom. The lowest BCUT2D eigenvalue weighted by atomic mass is 10.1. The molecular formula is C22H14Cl2N2O3S. The number of halogens is 2. The molecule has 1 saturated heterocycles. The highest BCUT2D eigenvalue weighted by Gasteiger charge is 2.36. The van der Waals surface area contributed by atoms with Crippen LogP contribution in [-0.2, 0) is 9.59 Å².